The van der Waals surface area contributed by atoms with Crippen LogP contribution in [0.5, 0.6) is 0 Å². The largest absolute Gasteiger partial charge is 0.334 e. The Hall–Kier alpha value is -2.28. The van der Waals surface area contributed by atoms with Crippen LogP contribution in [-0.4, -0.2) is 61.8 Å². The number of piperazine rings is 1. The number of rotatable bonds is 3. The molecule has 1 aliphatic rings. The number of carbonyl (C=O) groups excluding carboxylic acids is 1. The normalized spacial score (nSPS) is 18.8. The van der Waals surface area contributed by atoms with Crippen LogP contribution in [-0.2, 0) is 6.54 Å². The van der Waals surface area contributed by atoms with Crippen LogP contribution in [0.15, 0.2) is 12.1 Å². The maximum Gasteiger partial charge on any atom is 0.274 e. The van der Waals surface area contributed by atoms with Crippen molar-refractivity contribution in [3.8, 4) is 0 Å². The third-order valence-corrected chi connectivity index (χ3v) is 4.56. The summed E-state index contributed by atoms with van der Waals surface area (Å²) in [6.07, 6.45) is 0. The van der Waals surface area contributed by atoms with Crippen LogP contribution in [0.4, 0.5) is 0 Å². The Morgan fingerprint density at radius 1 is 1.25 bits per heavy atom. The fourth-order valence-electron chi connectivity index (χ4n) is 3.09. The van der Waals surface area contributed by atoms with E-state index in [0.717, 1.165) is 30.2 Å². The second kappa shape index (κ2) is 6.68. The van der Waals surface area contributed by atoms with Crippen LogP contribution in [0.2, 0.25) is 0 Å². The number of nitrogens with zero attached hydrogens (tertiary/aromatic N) is 5. The van der Waals surface area contributed by atoms with Crippen molar-refractivity contribution in [2.45, 2.75) is 40.3 Å². The summed E-state index contributed by atoms with van der Waals surface area (Å²) in [5.74, 6) is 0.00320. The van der Waals surface area contributed by atoms with E-state index in [0.29, 0.717) is 18.8 Å². The average Bonchev–Trinajstić information content (AvgIpc) is 2.98. The zero-order chi connectivity index (χ0) is 17.3. The Bertz CT molecular complexity index is 740. The molecule has 7 heteroatoms. The van der Waals surface area contributed by atoms with Gasteiger partial charge in [-0.25, -0.2) is 0 Å². The highest BCUT2D eigenvalue weighted by Crippen LogP contribution is 2.17. The Labute approximate surface area is 142 Å². The van der Waals surface area contributed by atoms with Gasteiger partial charge in [-0.05, 0) is 45.4 Å². The van der Waals surface area contributed by atoms with Crippen molar-refractivity contribution in [1.29, 1.82) is 0 Å². The van der Waals surface area contributed by atoms with E-state index in [1.54, 1.807) is 6.07 Å². The van der Waals surface area contributed by atoms with Gasteiger partial charge in [-0.1, -0.05) is 0 Å². The molecule has 0 unspecified atom stereocenters. The first-order valence-electron chi connectivity index (χ1n) is 8.29. The zero-order valence-corrected chi connectivity index (χ0v) is 14.7. The standard InChI is InChI=1S/C17H24N6O/c1-11-7-15(14(4)20-18-11)10-22-5-6-23(9-13(22)3)17(24)16-8-12(2)19-21-16/h7-8,13H,5-6,9-10H2,1-4H3,(H,19,21)/t13-/m1/s1. The molecule has 1 atom stereocenters. The molecule has 0 radical (unpaired) electrons. The molecule has 0 bridgehead atoms. The van der Waals surface area contributed by atoms with Crippen LogP contribution in [0.25, 0.3) is 0 Å². The van der Waals surface area contributed by atoms with E-state index in [4.69, 9.17) is 0 Å². The molecule has 1 aliphatic heterocycles. The Morgan fingerprint density at radius 3 is 2.71 bits per heavy atom. The maximum absolute atomic E-state index is 12.5. The molecule has 1 amide bonds. The fourth-order valence-corrected chi connectivity index (χ4v) is 3.09. The zero-order valence-electron chi connectivity index (χ0n) is 14.7. The molecule has 1 fully saturated rings. The van der Waals surface area contributed by atoms with E-state index < -0.39 is 0 Å². The van der Waals surface area contributed by atoms with Crippen LogP contribution in [0.3, 0.4) is 0 Å². The van der Waals surface area contributed by atoms with Crippen LogP contribution in [0.1, 0.15) is 40.1 Å². The molecule has 1 saturated heterocycles. The first kappa shape index (κ1) is 16.6. The molecule has 128 valence electrons. The van der Waals surface area contributed by atoms with Gasteiger partial charge in [0.2, 0.25) is 0 Å². The second-order valence-corrected chi connectivity index (χ2v) is 6.60. The number of aromatic nitrogens is 4. The van der Waals surface area contributed by atoms with Gasteiger partial charge in [-0.15, -0.1) is 0 Å². The minimum Gasteiger partial charge on any atom is -0.334 e. The Morgan fingerprint density at radius 2 is 2.04 bits per heavy atom. The summed E-state index contributed by atoms with van der Waals surface area (Å²) in [6, 6.07) is 4.18. The summed E-state index contributed by atoms with van der Waals surface area (Å²) in [7, 11) is 0. The monoisotopic (exact) mass is 328 g/mol. The summed E-state index contributed by atoms with van der Waals surface area (Å²) in [5, 5.41) is 15.2. The third kappa shape index (κ3) is 3.46. The molecule has 2 aromatic rings. The molecule has 0 aliphatic carbocycles. The molecule has 0 saturated carbocycles. The smallest absolute Gasteiger partial charge is 0.274 e. The summed E-state index contributed by atoms with van der Waals surface area (Å²) in [6.45, 7) is 11.1. The van der Waals surface area contributed by atoms with Crippen molar-refractivity contribution < 1.29 is 4.79 Å². The van der Waals surface area contributed by atoms with Gasteiger partial charge in [0, 0.05) is 37.9 Å². The highest BCUT2D eigenvalue weighted by molar-refractivity contribution is 5.92. The molecule has 3 heterocycles. The van der Waals surface area contributed by atoms with Crippen molar-refractivity contribution in [3.05, 3.63) is 40.5 Å². The van der Waals surface area contributed by atoms with Gasteiger partial charge in [0.15, 0.2) is 0 Å². The molecular formula is C17H24N6O. The third-order valence-electron chi connectivity index (χ3n) is 4.56. The number of hydrogen-bond acceptors (Lipinski definition) is 5. The highest BCUT2D eigenvalue weighted by Gasteiger charge is 2.28. The van der Waals surface area contributed by atoms with Gasteiger partial charge in [0.25, 0.3) is 5.91 Å². The van der Waals surface area contributed by atoms with Gasteiger partial charge in [0.05, 0.1) is 11.4 Å². The van der Waals surface area contributed by atoms with E-state index in [-0.39, 0.29) is 11.9 Å². The molecule has 1 N–H and O–H groups in total. The number of carbonyl (C=O) groups is 1. The lowest BCUT2D eigenvalue weighted by Crippen LogP contribution is -2.53. The van der Waals surface area contributed by atoms with E-state index in [1.165, 1.54) is 5.56 Å². The lowest BCUT2D eigenvalue weighted by molar-refractivity contribution is 0.0489. The van der Waals surface area contributed by atoms with Gasteiger partial charge in [-0.3, -0.25) is 14.8 Å². The van der Waals surface area contributed by atoms with Crippen molar-refractivity contribution in [1.82, 2.24) is 30.2 Å². The lowest BCUT2D eigenvalue weighted by Gasteiger charge is -2.39. The summed E-state index contributed by atoms with van der Waals surface area (Å²) in [4.78, 5) is 16.8. The minimum absolute atomic E-state index is 0.00320. The molecule has 3 rings (SSSR count). The van der Waals surface area contributed by atoms with Gasteiger partial charge < -0.3 is 4.90 Å². The van der Waals surface area contributed by atoms with E-state index in [9.17, 15) is 4.79 Å². The first-order valence-corrected chi connectivity index (χ1v) is 8.29. The van der Waals surface area contributed by atoms with Crippen LogP contribution in [0, 0.1) is 20.8 Å². The summed E-state index contributed by atoms with van der Waals surface area (Å²) in [5.41, 5.74) is 4.51. The van der Waals surface area contributed by atoms with Crippen LogP contribution < -0.4 is 0 Å². The summed E-state index contributed by atoms with van der Waals surface area (Å²) < 4.78 is 0. The molecule has 0 aromatic carbocycles. The van der Waals surface area contributed by atoms with Crippen LogP contribution >= 0.6 is 0 Å². The topological polar surface area (TPSA) is 78.0 Å². The molecule has 0 spiro atoms. The lowest BCUT2D eigenvalue weighted by atomic mass is 10.1. The molecular weight excluding hydrogens is 304 g/mol. The number of amides is 1. The maximum atomic E-state index is 12.5. The minimum atomic E-state index is 0.00320. The predicted octanol–water partition coefficient (Wildman–Crippen LogP) is 1.47. The number of aromatic amines is 1. The molecule has 7 nitrogen and oxygen atoms in total. The summed E-state index contributed by atoms with van der Waals surface area (Å²) >= 11 is 0. The number of H-pyrrole nitrogens is 1. The number of nitrogens with one attached hydrogen (secondary N) is 1. The van der Waals surface area contributed by atoms with Crippen molar-refractivity contribution >= 4 is 5.91 Å². The van der Waals surface area contributed by atoms with Gasteiger partial charge >= 0.3 is 0 Å². The quantitative estimate of drug-likeness (QED) is 0.923. The average molecular weight is 328 g/mol. The number of aryl methyl sites for hydroxylation is 3. The van der Waals surface area contributed by atoms with E-state index >= 15 is 0 Å². The highest BCUT2D eigenvalue weighted by atomic mass is 16.2. The van der Waals surface area contributed by atoms with Gasteiger partial charge in [-0.2, -0.15) is 15.3 Å². The SMILES string of the molecule is Cc1cc(CN2CCN(C(=O)c3cc(C)[nH]n3)C[C@H]2C)c(C)nn1. The van der Waals surface area contributed by atoms with Gasteiger partial charge in [0.1, 0.15) is 5.69 Å². The predicted molar refractivity (Wildman–Crippen MR) is 90.6 cm³/mol. The second-order valence-electron chi connectivity index (χ2n) is 6.60. The van der Waals surface area contributed by atoms with Crippen molar-refractivity contribution in [2.75, 3.05) is 19.6 Å². The first-order chi connectivity index (χ1) is 11.4. The Balaban J connectivity index is 1.65. The Kier molecular flexibility index (Phi) is 4.62. The molecule has 24 heavy (non-hydrogen) atoms. The van der Waals surface area contributed by atoms with Crippen molar-refractivity contribution in [3.63, 3.8) is 0 Å². The van der Waals surface area contributed by atoms with E-state index in [2.05, 4.69) is 38.3 Å². The fraction of sp³-hybridized carbons (Fsp3) is 0.529. The van der Waals surface area contributed by atoms with Crippen molar-refractivity contribution in [2.24, 2.45) is 0 Å². The number of hydrogen-bond donors (Lipinski definition) is 1. The van der Waals surface area contributed by atoms with E-state index in [1.807, 2.05) is 25.7 Å². The molecule has 2 aromatic heterocycles.